The van der Waals surface area contributed by atoms with Gasteiger partial charge in [0.2, 0.25) is 0 Å². The molecule has 0 saturated carbocycles. The Morgan fingerprint density at radius 2 is 2.36 bits per heavy atom. The van der Waals surface area contributed by atoms with Gasteiger partial charge in [-0.2, -0.15) is 10.7 Å². The first kappa shape index (κ1) is 10.4. The van der Waals surface area contributed by atoms with Gasteiger partial charge >= 0.3 is 6.03 Å². The summed E-state index contributed by atoms with van der Waals surface area (Å²) >= 11 is 0. The Morgan fingerprint density at radius 3 is 2.79 bits per heavy atom. The van der Waals surface area contributed by atoms with Crippen LogP contribution in [-0.2, 0) is 9.63 Å². The molecule has 2 N–H and O–H groups in total. The molecule has 0 aromatic rings. The van der Waals surface area contributed by atoms with Crippen molar-refractivity contribution >= 4 is 11.9 Å². The summed E-state index contributed by atoms with van der Waals surface area (Å²) in [6.07, 6.45) is 0. The number of nitrogens with zero attached hydrogens (tertiary/aromatic N) is 2. The first-order valence-corrected chi connectivity index (χ1v) is 3.96. The topological polar surface area (TPSA) is 94.5 Å². The molecule has 0 aliphatic carbocycles. The van der Waals surface area contributed by atoms with Crippen LogP contribution < -0.4 is 10.8 Å². The van der Waals surface area contributed by atoms with Crippen LogP contribution in [0.4, 0.5) is 4.79 Å². The van der Waals surface area contributed by atoms with Crippen LogP contribution in [0.1, 0.15) is 6.92 Å². The van der Waals surface area contributed by atoms with E-state index >= 15 is 0 Å². The molecule has 76 valence electrons. The smallest absolute Gasteiger partial charge is 0.301 e. The third-order valence-corrected chi connectivity index (χ3v) is 1.93. The zero-order chi connectivity index (χ0) is 10.8. The van der Waals surface area contributed by atoms with Gasteiger partial charge in [-0.15, -0.1) is 0 Å². The summed E-state index contributed by atoms with van der Waals surface area (Å²) in [5.74, 6) is -0.728. The Bertz CT molecular complexity index is 311. The molecule has 1 aliphatic rings. The first-order chi connectivity index (χ1) is 6.62. The third kappa shape index (κ3) is 1.21. The molecule has 14 heavy (non-hydrogen) atoms. The van der Waals surface area contributed by atoms with Crippen LogP contribution in [-0.4, -0.2) is 36.2 Å². The number of nitrogens with one attached hydrogen (secondary N) is 2. The molecule has 1 heterocycles. The molecule has 0 bridgehead atoms. The molecule has 0 unspecified atom stereocenters. The van der Waals surface area contributed by atoms with Crippen LogP contribution in [0, 0.1) is 11.3 Å². The van der Waals surface area contributed by atoms with Gasteiger partial charge < -0.3 is 4.84 Å². The number of rotatable bonds is 3. The van der Waals surface area contributed by atoms with E-state index in [9.17, 15) is 9.59 Å². The molecule has 0 aromatic carbocycles. The highest BCUT2D eigenvalue weighted by molar-refractivity contribution is 6.08. The van der Waals surface area contributed by atoms with E-state index in [0.29, 0.717) is 0 Å². The van der Waals surface area contributed by atoms with Crippen molar-refractivity contribution in [2.75, 3.05) is 13.7 Å². The van der Waals surface area contributed by atoms with E-state index in [1.807, 2.05) is 5.32 Å². The standard InChI is InChI=1S/C7H10N4O3/c1-3-11-6(13)9-5(12)7(11,4-8)10-14-2/h10H,3H2,1-2H3,(H,9,12,13)/t7-/m1/s1. The highest BCUT2D eigenvalue weighted by atomic mass is 16.6. The lowest BCUT2D eigenvalue weighted by atomic mass is 10.2. The fourth-order valence-electron chi connectivity index (χ4n) is 1.29. The number of hydroxylamine groups is 1. The van der Waals surface area contributed by atoms with Crippen molar-refractivity contribution in [1.82, 2.24) is 15.7 Å². The number of carbonyl (C=O) groups excluding carboxylic acids is 2. The van der Waals surface area contributed by atoms with E-state index in [0.717, 1.165) is 4.90 Å². The summed E-state index contributed by atoms with van der Waals surface area (Å²) in [6, 6.07) is 1.11. The van der Waals surface area contributed by atoms with Crippen molar-refractivity contribution < 1.29 is 14.4 Å². The van der Waals surface area contributed by atoms with E-state index in [1.54, 1.807) is 13.0 Å². The summed E-state index contributed by atoms with van der Waals surface area (Å²) in [5.41, 5.74) is 0.471. The Balaban J connectivity index is 3.08. The minimum Gasteiger partial charge on any atom is -0.301 e. The second-order valence-corrected chi connectivity index (χ2v) is 2.63. The summed E-state index contributed by atoms with van der Waals surface area (Å²) in [4.78, 5) is 28.2. The van der Waals surface area contributed by atoms with E-state index < -0.39 is 17.6 Å². The lowest BCUT2D eigenvalue weighted by Crippen LogP contribution is -2.58. The molecule has 0 radical (unpaired) electrons. The molecule has 1 rings (SSSR count). The molecule has 1 saturated heterocycles. The van der Waals surface area contributed by atoms with Gasteiger partial charge in [0.15, 0.2) is 0 Å². The Kier molecular flexibility index (Phi) is 2.69. The number of imide groups is 1. The van der Waals surface area contributed by atoms with E-state index in [-0.39, 0.29) is 6.54 Å². The SMILES string of the molecule is CCN1C(=O)NC(=O)[C@]1(C#N)NOC. The highest BCUT2D eigenvalue weighted by Gasteiger charge is 2.53. The number of hydrogen-bond donors (Lipinski definition) is 2. The predicted octanol–water partition coefficient (Wildman–Crippen LogP) is -1.07. The number of carbonyl (C=O) groups is 2. The van der Waals surface area contributed by atoms with Crippen molar-refractivity contribution in [3.63, 3.8) is 0 Å². The Labute approximate surface area is 80.6 Å². The zero-order valence-electron chi connectivity index (χ0n) is 7.83. The quantitative estimate of drug-likeness (QED) is 0.444. The fraction of sp³-hybridized carbons (Fsp3) is 0.571. The minimum atomic E-state index is -1.75. The van der Waals surface area contributed by atoms with Crippen LogP contribution in [0.3, 0.4) is 0 Å². The van der Waals surface area contributed by atoms with Crippen molar-refractivity contribution in [2.24, 2.45) is 0 Å². The Morgan fingerprint density at radius 1 is 1.71 bits per heavy atom. The van der Waals surface area contributed by atoms with Gasteiger partial charge in [-0.1, -0.05) is 0 Å². The number of nitriles is 1. The lowest BCUT2D eigenvalue weighted by molar-refractivity contribution is -0.132. The zero-order valence-corrected chi connectivity index (χ0v) is 7.83. The second kappa shape index (κ2) is 3.61. The summed E-state index contributed by atoms with van der Waals surface area (Å²) in [7, 11) is 1.27. The van der Waals surface area contributed by atoms with Gasteiger partial charge in [0.05, 0.1) is 7.11 Å². The van der Waals surface area contributed by atoms with Gasteiger partial charge in [0.1, 0.15) is 6.07 Å². The van der Waals surface area contributed by atoms with Gasteiger partial charge in [0, 0.05) is 6.54 Å². The lowest BCUT2D eigenvalue weighted by Gasteiger charge is -2.27. The molecular formula is C7H10N4O3. The van der Waals surface area contributed by atoms with E-state index in [1.165, 1.54) is 7.11 Å². The molecule has 1 atom stereocenters. The van der Waals surface area contributed by atoms with Gasteiger partial charge in [-0.25, -0.2) is 4.79 Å². The van der Waals surface area contributed by atoms with Crippen molar-refractivity contribution in [3.05, 3.63) is 0 Å². The summed E-state index contributed by atoms with van der Waals surface area (Å²) < 4.78 is 0. The van der Waals surface area contributed by atoms with E-state index in [2.05, 4.69) is 10.3 Å². The average Bonchev–Trinajstić information content (AvgIpc) is 2.39. The van der Waals surface area contributed by atoms with E-state index in [4.69, 9.17) is 5.26 Å². The molecule has 1 aliphatic heterocycles. The summed E-state index contributed by atoms with van der Waals surface area (Å²) in [5, 5.41) is 10.9. The van der Waals surface area contributed by atoms with Crippen molar-refractivity contribution in [3.8, 4) is 6.07 Å². The highest BCUT2D eigenvalue weighted by Crippen LogP contribution is 2.17. The van der Waals surface area contributed by atoms with Gasteiger partial charge in [0.25, 0.3) is 11.6 Å². The van der Waals surface area contributed by atoms with Crippen LogP contribution in [0.5, 0.6) is 0 Å². The number of hydrogen-bond acceptors (Lipinski definition) is 5. The third-order valence-electron chi connectivity index (χ3n) is 1.93. The molecule has 3 amide bonds. The van der Waals surface area contributed by atoms with Crippen molar-refractivity contribution in [1.29, 1.82) is 5.26 Å². The predicted molar refractivity (Wildman–Crippen MR) is 44.4 cm³/mol. The number of urea groups is 1. The number of amides is 3. The van der Waals surface area contributed by atoms with Gasteiger partial charge in [-0.05, 0) is 6.92 Å². The Hall–Kier alpha value is -1.65. The van der Waals surface area contributed by atoms with Crippen LogP contribution in [0.2, 0.25) is 0 Å². The maximum atomic E-state index is 11.4. The molecule has 0 aromatic heterocycles. The van der Waals surface area contributed by atoms with Crippen molar-refractivity contribution in [2.45, 2.75) is 12.6 Å². The largest absolute Gasteiger partial charge is 0.326 e. The molecule has 1 fully saturated rings. The maximum Gasteiger partial charge on any atom is 0.326 e. The number of likely N-dealkylation sites (N-methyl/N-ethyl adjacent to an activating group) is 1. The fourth-order valence-corrected chi connectivity index (χ4v) is 1.29. The molecule has 7 heteroatoms. The monoisotopic (exact) mass is 198 g/mol. The minimum absolute atomic E-state index is 0.224. The first-order valence-electron chi connectivity index (χ1n) is 3.96. The maximum absolute atomic E-state index is 11.4. The molecule has 7 nitrogen and oxygen atoms in total. The summed E-state index contributed by atoms with van der Waals surface area (Å²) in [6.45, 7) is 1.88. The molecular weight excluding hydrogens is 188 g/mol. The molecule has 0 spiro atoms. The van der Waals surface area contributed by atoms with Crippen LogP contribution in [0.25, 0.3) is 0 Å². The van der Waals surface area contributed by atoms with Crippen LogP contribution >= 0.6 is 0 Å². The van der Waals surface area contributed by atoms with Gasteiger partial charge in [-0.3, -0.25) is 15.0 Å². The van der Waals surface area contributed by atoms with Crippen LogP contribution in [0.15, 0.2) is 0 Å². The average molecular weight is 198 g/mol. The normalized spacial score (nSPS) is 26.2. The second-order valence-electron chi connectivity index (χ2n) is 2.63.